The summed E-state index contributed by atoms with van der Waals surface area (Å²) in [6.45, 7) is 9.80. The number of carbonyl (C=O) groups is 1. The van der Waals surface area contributed by atoms with Gasteiger partial charge < -0.3 is 14.8 Å². The van der Waals surface area contributed by atoms with Crippen LogP contribution in [0.2, 0.25) is 0 Å². The third-order valence-corrected chi connectivity index (χ3v) is 5.71. The molecule has 0 aliphatic carbocycles. The van der Waals surface area contributed by atoms with Gasteiger partial charge in [0, 0.05) is 36.3 Å². The molecule has 156 valence electrons. The maximum Gasteiger partial charge on any atom is 0.252 e. The van der Waals surface area contributed by atoms with Crippen molar-refractivity contribution < 1.29 is 14.3 Å². The van der Waals surface area contributed by atoms with Gasteiger partial charge in [-0.05, 0) is 29.8 Å². The zero-order valence-electron chi connectivity index (χ0n) is 17.2. The minimum atomic E-state index is -0.0487. The van der Waals surface area contributed by atoms with E-state index in [4.69, 9.17) is 9.47 Å². The first-order valence-corrected chi connectivity index (χ1v) is 11.1. The Hall–Kier alpha value is -2.02. The van der Waals surface area contributed by atoms with E-state index in [0.29, 0.717) is 18.4 Å². The summed E-state index contributed by atoms with van der Waals surface area (Å²) in [6, 6.07) is 15.7. The van der Waals surface area contributed by atoms with E-state index in [1.165, 1.54) is 0 Å². The van der Waals surface area contributed by atoms with Gasteiger partial charge in [-0.2, -0.15) is 0 Å². The van der Waals surface area contributed by atoms with Gasteiger partial charge in [0.15, 0.2) is 0 Å². The fourth-order valence-corrected chi connectivity index (χ4v) is 4.10. The van der Waals surface area contributed by atoms with Crippen LogP contribution in [0.4, 0.5) is 0 Å². The molecule has 0 saturated carbocycles. The van der Waals surface area contributed by atoms with Crippen molar-refractivity contribution in [1.82, 2.24) is 10.2 Å². The lowest BCUT2D eigenvalue weighted by atomic mass is 10.2. The summed E-state index contributed by atoms with van der Waals surface area (Å²) in [5.74, 6) is 0.785. The Kier molecular flexibility index (Phi) is 8.40. The SMILES string of the molecule is CC(C)Sc1ccccc1C(=O)NCc1cccc(OCCN2CCOCC2)c1. The highest BCUT2D eigenvalue weighted by Crippen LogP contribution is 2.26. The predicted octanol–water partition coefficient (Wildman–Crippen LogP) is 3.83. The van der Waals surface area contributed by atoms with Gasteiger partial charge in [-0.15, -0.1) is 11.8 Å². The molecule has 0 spiro atoms. The topological polar surface area (TPSA) is 50.8 Å². The predicted molar refractivity (Wildman–Crippen MR) is 118 cm³/mol. The van der Waals surface area contributed by atoms with Crippen LogP contribution < -0.4 is 10.1 Å². The van der Waals surface area contributed by atoms with Crippen molar-refractivity contribution in [3.8, 4) is 5.75 Å². The van der Waals surface area contributed by atoms with Gasteiger partial charge >= 0.3 is 0 Å². The number of amides is 1. The van der Waals surface area contributed by atoms with E-state index in [0.717, 1.165) is 54.6 Å². The summed E-state index contributed by atoms with van der Waals surface area (Å²) < 4.78 is 11.3. The van der Waals surface area contributed by atoms with Crippen molar-refractivity contribution >= 4 is 17.7 Å². The van der Waals surface area contributed by atoms with Gasteiger partial charge in [0.2, 0.25) is 0 Å². The number of hydrogen-bond donors (Lipinski definition) is 1. The summed E-state index contributed by atoms with van der Waals surface area (Å²) >= 11 is 1.71. The summed E-state index contributed by atoms with van der Waals surface area (Å²) in [6.07, 6.45) is 0. The van der Waals surface area contributed by atoms with Gasteiger partial charge in [0.05, 0.1) is 18.8 Å². The largest absolute Gasteiger partial charge is 0.492 e. The molecule has 1 aliphatic heterocycles. The first kappa shape index (κ1) is 21.7. The second-order valence-corrected chi connectivity index (χ2v) is 8.91. The maximum atomic E-state index is 12.7. The number of benzene rings is 2. The van der Waals surface area contributed by atoms with Crippen LogP contribution >= 0.6 is 11.8 Å². The number of nitrogens with zero attached hydrogens (tertiary/aromatic N) is 1. The molecule has 3 rings (SSSR count). The molecule has 29 heavy (non-hydrogen) atoms. The molecule has 0 atom stereocenters. The molecular weight excluding hydrogens is 384 g/mol. The number of nitrogens with one attached hydrogen (secondary N) is 1. The van der Waals surface area contributed by atoms with E-state index < -0.39 is 0 Å². The maximum absolute atomic E-state index is 12.7. The second kappa shape index (κ2) is 11.2. The minimum absolute atomic E-state index is 0.0487. The summed E-state index contributed by atoms with van der Waals surface area (Å²) in [7, 11) is 0. The molecule has 1 aliphatic rings. The van der Waals surface area contributed by atoms with Crippen LogP contribution in [0.5, 0.6) is 5.75 Å². The fraction of sp³-hybridized carbons (Fsp3) is 0.435. The summed E-state index contributed by atoms with van der Waals surface area (Å²) in [5.41, 5.74) is 1.75. The van der Waals surface area contributed by atoms with Crippen molar-refractivity contribution in [3.05, 3.63) is 59.7 Å². The number of hydrogen-bond acceptors (Lipinski definition) is 5. The Morgan fingerprint density at radius 1 is 1.17 bits per heavy atom. The minimum Gasteiger partial charge on any atom is -0.492 e. The first-order chi connectivity index (χ1) is 14.1. The Bertz CT molecular complexity index is 791. The van der Waals surface area contributed by atoms with Crippen LogP contribution in [0.15, 0.2) is 53.4 Å². The van der Waals surface area contributed by atoms with Crippen LogP contribution in [-0.4, -0.2) is 55.5 Å². The molecule has 0 unspecified atom stereocenters. The van der Waals surface area contributed by atoms with Crippen LogP contribution in [0.3, 0.4) is 0 Å². The Balaban J connectivity index is 1.50. The van der Waals surface area contributed by atoms with Gasteiger partial charge in [-0.1, -0.05) is 38.1 Å². The van der Waals surface area contributed by atoms with Crippen molar-refractivity contribution in [3.63, 3.8) is 0 Å². The van der Waals surface area contributed by atoms with Crippen molar-refractivity contribution in [2.45, 2.75) is 30.5 Å². The molecule has 1 fully saturated rings. The summed E-state index contributed by atoms with van der Waals surface area (Å²) in [4.78, 5) is 16.0. The lowest BCUT2D eigenvalue weighted by Crippen LogP contribution is -2.38. The third-order valence-electron chi connectivity index (χ3n) is 4.63. The molecule has 1 heterocycles. The molecule has 1 saturated heterocycles. The molecule has 0 bridgehead atoms. The zero-order valence-corrected chi connectivity index (χ0v) is 18.0. The number of carbonyl (C=O) groups excluding carboxylic acids is 1. The number of ether oxygens (including phenoxy) is 2. The molecule has 1 N–H and O–H groups in total. The standard InChI is InChI=1S/C23H30N2O3S/c1-18(2)29-22-9-4-3-8-21(22)23(26)24-17-19-6-5-7-20(16-19)28-15-12-25-10-13-27-14-11-25/h3-9,16,18H,10-15,17H2,1-2H3,(H,24,26). The molecule has 0 aromatic heterocycles. The van der Waals surface area contributed by atoms with Gasteiger partial charge in [-0.25, -0.2) is 0 Å². The zero-order chi connectivity index (χ0) is 20.5. The number of thioether (sulfide) groups is 1. The molecule has 0 radical (unpaired) electrons. The van der Waals surface area contributed by atoms with Crippen LogP contribution in [0.1, 0.15) is 29.8 Å². The van der Waals surface area contributed by atoms with Crippen LogP contribution in [0.25, 0.3) is 0 Å². The first-order valence-electron chi connectivity index (χ1n) is 10.2. The molecular formula is C23H30N2O3S. The normalized spacial score (nSPS) is 14.7. The molecule has 2 aromatic rings. The Morgan fingerprint density at radius 3 is 2.76 bits per heavy atom. The average Bonchev–Trinajstić information content (AvgIpc) is 2.73. The molecule has 2 aromatic carbocycles. The highest BCUT2D eigenvalue weighted by atomic mass is 32.2. The van der Waals surface area contributed by atoms with Crippen molar-refractivity contribution in [2.24, 2.45) is 0 Å². The highest BCUT2D eigenvalue weighted by Gasteiger charge is 2.13. The van der Waals surface area contributed by atoms with E-state index in [1.54, 1.807) is 11.8 Å². The number of morpholine rings is 1. The van der Waals surface area contributed by atoms with Gasteiger partial charge in [-0.3, -0.25) is 9.69 Å². The quantitative estimate of drug-likeness (QED) is 0.632. The molecule has 6 heteroatoms. The number of rotatable bonds is 9. The van der Waals surface area contributed by atoms with Crippen molar-refractivity contribution in [1.29, 1.82) is 0 Å². The van der Waals surface area contributed by atoms with Crippen molar-refractivity contribution in [2.75, 3.05) is 39.5 Å². The Morgan fingerprint density at radius 2 is 1.97 bits per heavy atom. The van der Waals surface area contributed by atoms with Crippen LogP contribution in [-0.2, 0) is 11.3 Å². The van der Waals surface area contributed by atoms with E-state index in [9.17, 15) is 4.79 Å². The van der Waals surface area contributed by atoms with E-state index >= 15 is 0 Å². The van der Waals surface area contributed by atoms with Crippen LogP contribution in [0, 0.1) is 0 Å². The highest BCUT2D eigenvalue weighted by molar-refractivity contribution is 8.00. The lowest BCUT2D eigenvalue weighted by Gasteiger charge is -2.26. The second-order valence-electron chi connectivity index (χ2n) is 7.30. The monoisotopic (exact) mass is 414 g/mol. The average molecular weight is 415 g/mol. The third kappa shape index (κ3) is 7.07. The smallest absolute Gasteiger partial charge is 0.252 e. The lowest BCUT2D eigenvalue weighted by molar-refractivity contribution is 0.0322. The molecule has 5 nitrogen and oxygen atoms in total. The van der Waals surface area contributed by atoms with E-state index in [-0.39, 0.29) is 5.91 Å². The van der Waals surface area contributed by atoms with E-state index in [2.05, 4.69) is 24.1 Å². The Labute approximate surface area is 177 Å². The molecule has 1 amide bonds. The fourth-order valence-electron chi connectivity index (χ4n) is 3.15. The van der Waals surface area contributed by atoms with Gasteiger partial charge in [0.25, 0.3) is 5.91 Å². The summed E-state index contributed by atoms with van der Waals surface area (Å²) in [5, 5.41) is 3.46. The van der Waals surface area contributed by atoms with E-state index in [1.807, 2.05) is 48.5 Å². The van der Waals surface area contributed by atoms with Gasteiger partial charge in [0.1, 0.15) is 12.4 Å².